The number of carbonyl (C=O) groups excluding carboxylic acids is 1. The minimum atomic E-state index is 0.322. The number of nitrogens with zero attached hydrogens (tertiary/aromatic N) is 2. The lowest BCUT2D eigenvalue weighted by atomic mass is 10.1. The van der Waals surface area contributed by atoms with Gasteiger partial charge in [-0.2, -0.15) is 5.10 Å². The van der Waals surface area contributed by atoms with Crippen LogP contribution in [0.2, 0.25) is 0 Å². The molecule has 0 aliphatic carbocycles. The van der Waals surface area contributed by atoms with Crippen molar-refractivity contribution >= 4 is 21.7 Å². The van der Waals surface area contributed by atoms with E-state index in [1.54, 1.807) is 0 Å². The Kier molecular flexibility index (Phi) is 7.36. The number of aryl methyl sites for hydroxylation is 2. The number of halogens is 1. The second kappa shape index (κ2) is 8.51. The normalized spacial score (nSPS) is 10.9. The van der Waals surface area contributed by atoms with Crippen LogP contribution in [0, 0.1) is 0 Å². The summed E-state index contributed by atoms with van der Waals surface area (Å²) in [5.74, 6) is 0.322. The van der Waals surface area contributed by atoms with Gasteiger partial charge in [0.1, 0.15) is 5.78 Å². The highest BCUT2D eigenvalue weighted by Gasteiger charge is 2.15. The molecule has 19 heavy (non-hydrogen) atoms. The van der Waals surface area contributed by atoms with Gasteiger partial charge in [-0.05, 0) is 28.8 Å². The standard InChI is InChI=1S/C15H25BrN2O/c1-4-6-7-8-9-10-12(19)11-14-15(16)13(5-2)17-18(14)3/h4-11H2,1-3H3. The molecule has 0 aromatic carbocycles. The van der Waals surface area contributed by atoms with Gasteiger partial charge in [-0.25, -0.2) is 0 Å². The molecule has 108 valence electrons. The number of unbranched alkanes of at least 4 members (excludes halogenated alkanes) is 4. The van der Waals surface area contributed by atoms with E-state index in [4.69, 9.17) is 0 Å². The van der Waals surface area contributed by atoms with Crippen molar-refractivity contribution in [2.45, 2.75) is 65.2 Å². The van der Waals surface area contributed by atoms with Crippen LogP contribution in [0.25, 0.3) is 0 Å². The summed E-state index contributed by atoms with van der Waals surface area (Å²) < 4.78 is 2.84. The Labute approximate surface area is 124 Å². The lowest BCUT2D eigenvalue weighted by Crippen LogP contribution is -2.07. The number of carbonyl (C=O) groups is 1. The smallest absolute Gasteiger partial charge is 0.138 e. The highest BCUT2D eigenvalue weighted by atomic mass is 79.9. The van der Waals surface area contributed by atoms with Gasteiger partial charge in [-0.1, -0.05) is 39.5 Å². The zero-order valence-corrected chi connectivity index (χ0v) is 13.9. The zero-order chi connectivity index (χ0) is 14.3. The molecule has 0 radical (unpaired) electrons. The van der Waals surface area contributed by atoms with Gasteiger partial charge < -0.3 is 0 Å². The van der Waals surface area contributed by atoms with Gasteiger partial charge in [0.25, 0.3) is 0 Å². The number of rotatable bonds is 9. The first kappa shape index (κ1) is 16.4. The van der Waals surface area contributed by atoms with Crippen molar-refractivity contribution in [1.82, 2.24) is 9.78 Å². The number of ketones is 1. The second-order valence-corrected chi connectivity index (χ2v) is 5.86. The number of hydrogen-bond donors (Lipinski definition) is 0. The first-order valence-corrected chi connectivity index (χ1v) is 8.11. The molecule has 1 aromatic heterocycles. The predicted molar refractivity (Wildman–Crippen MR) is 82.4 cm³/mol. The summed E-state index contributed by atoms with van der Waals surface area (Å²) in [4.78, 5) is 12.0. The molecule has 0 bridgehead atoms. The van der Waals surface area contributed by atoms with Gasteiger partial charge >= 0.3 is 0 Å². The molecule has 3 nitrogen and oxygen atoms in total. The quantitative estimate of drug-likeness (QED) is 0.636. The maximum absolute atomic E-state index is 12.0. The van der Waals surface area contributed by atoms with Crippen LogP contribution in [0.3, 0.4) is 0 Å². The monoisotopic (exact) mass is 328 g/mol. The lowest BCUT2D eigenvalue weighted by Gasteiger charge is -2.03. The van der Waals surface area contributed by atoms with Crippen molar-refractivity contribution in [1.29, 1.82) is 0 Å². The van der Waals surface area contributed by atoms with Crippen LogP contribution >= 0.6 is 15.9 Å². The molecule has 0 fully saturated rings. The molecule has 0 aliphatic heterocycles. The summed E-state index contributed by atoms with van der Waals surface area (Å²) in [5, 5.41) is 4.42. The molecule has 0 atom stereocenters. The maximum atomic E-state index is 12.0. The summed E-state index contributed by atoms with van der Waals surface area (Å²) in [7, 11) is 1.91. The van der Waals surface area contributed by atoms with E-state index in [2.05, 4.69) is 34.9 Å². The molecule has 0 unspecified atom stereocenters. The zero-order valence-electron chi connectivity index (χ0n) is 12.3. The predicted octanol–water partition coefficient (Wildman–Crippen LogP) is 4.22. The number of Topliss-reactive ketones (excluding diaryl/α,β-unsaturated/α-hetero) is 1. The Bertz CT molecular complexity index is 413. The summed E-state index contributed by atoms with van der Waals surface area (Å²) >= 11 is 3.56. The van der Waals surface area contributed by atoms with Gasteiger partial charge in [0.05, 0.1) is 15.9 Å². The molecule has 4 heteroatoms. The molecule has 0 saturated heterocycles. The summed E-state index contributed by atoms with van der Waals surface area (Å²) in [5.41, 5.74) is 2.05. The van der Waals surface area contributed by atoms with Crippen molar-refractivity contribution < 1.29 is 4.79 Å². The van der Waals surface area contributed by atoms with Crippen molar-refractivity contribution in [3.05, 3.63) is 15.9 Å². The summed E-state index contributed by atoms with van der Waals surface area (Å²) in [6.45, 7) is 4.28. The Morgan fingerprint density at radius 1 is 1.21 bits per heavy atom. The van der Waals surface area contributed by atoms with Crippen molar-refractivity contribution in [3.8, 4) is 0 Å². The average molecular weight is 329 g/mol. The molecular weight excluding hydrogens is 304 g/mol. The molecular formula is C15H25BrN2O. The Balaban J connectivity index is 2.42. The topological polar surface area (TPSA) is 34.9 Å². The minimum Gasteiger partial charge on any atom is -0.299 e. The van der Waals surface area contributed by atoms with E-state index >= 15 is 0 Å². The molecule has 0 aliphatic rings. The highest BCUT2D eigenvalue weighted by Crippen LogP contribution is 2.22. The van der Waals surface area contributed by atoms with Crippen molar-refractivity contribution in [2.75, 3.05) is 0 Å². The minimum absolute atomic E-state index is 0.322. The number of aromatic nitrogens is 2. The fraction of sp³-hybridized carbons (Fsp3) is 0.733. The van der Waals surface area contributed by atoms with E-state index in [0.29, 0.717) is 18.6 Å². The Morgan fingerprint density at radius 3 is 2.47 bits per heavy atom. The third-order valence-electron chi connectivity index (χ3n) is 3.43. The summed E-state index contributed by atoms with van der Waals surface area (Å²) in [6.07, 6.45) is 8.05. The average Bonchev–Trinajstić information content (AvgIpc) is 2.66. The van der Waals surface area contributed by atoms with Crippen LogP contribution in [0.4, 0.5) is 0 Å². The maximum Gasteiger partial charge on any atom is 0.138 e. The third kappa shape index (κ3) is 5.09. The fourth-order valence-electron chi connectivity index (χ4n) is 2.21. The van der Waals surface area contributed by atoms with Crippen LogP contribution in [0.15, 0.2) is 4.47 Å². The molecule has 1 heterocycles. The molecule has 1 aromatic rings. The second-order valence-electron chi connectivity index (χ2n) is 5.06. The first-order chi connectivity index (χ1) is 9.10. The van der Waals surface area contributed by atoms with Crippen LogP contribution in [-0.2, 0) is 24.7 Å². The van der Waals surface area contributed by atoms with Gasteiger partial charge in [0.2, 0.25) is 0 Å². The number of hydrogen-bond acceptors (Lipinski definition) is 2. The third-order valence-corrected chi connectivity index (χ3v) is 4.34. The lowest BCUT2D eigenvalue weighted by molar-refractivity contribution is -0.118. The van der Waals surface area contributed by atoms with Gasteiger partial charge in [0.15, 0.2) is 0 Å². The Hall–Kier alpha value is -0.640. The van der Waals surface area contributed by atoms with E-state index in [-0.39, 0.29) is 0 Å². The highest BCUT2D eigenvalue weighted by molar-refractivity contribution is 9.10. The molecule has 0 N–H and O–H groups in total. The summed E-state index contributed by atoms with van der Waals surface area (Å²) in [6, 6.07) is 0. The van der Waals surface area contributed by atoms with Crippen LogP contribution in [-0.4, -0.2) is 15.6 Å². The van der Waals surface area contributed by atoms with Crippen LogP contribution < -0.4 is 0 Å². The van der Waals surface area contributed by atoms with Crippen LogP contribution in [0.5, 0.6) is 0 Å². The van der Waals surface area contributed by atoms with E-state index < -0.39 is 0 Å². The molecule has 1 rings (SSSR count). The van der Waals surface area contributed by atoms with E-state index in [1.165, 1.54) is 25.7 Å². The molecule has 0 saturated carbocycles. The van der Waals surface area contributed by atoms with E-state index in [9.17, 15) is 4.79 Å². The van der Waals surface area contributed by atoms with Gasteiger partial charge in [-0.3, -0.25) is 9.48 Å². The first-order valence-electron chi connectivity index (χ1n) is 7.32. The van der Waals surface area contributed by atoms with Crippen LogP contribution in [0.1, 0.15) is 63.8 Å². The molecule has 0 spiro atoms. The van der Waals surface area contributed by atoms with Crippen molar-refractivity contribution in [2.24, 2.45) is 7.05 Å². The van der Waals surface area contributed by atoms with Gasteiger partial charge in [-0.15, -0.1) is 0 Å². The largest absolute Gasteiger partial charge is 0.299 e. The van der Waals surface area contributed by atoms with Gasteiger partial charge in [0, 0.05) is 19.9 Å². The molecule has 0 amide bonds. The van der Waals surface area contributed by atoms with E-state index in [1.807, 2.05) is 11.7 Å². The Morgan fingerprint density at radius 2 is 1.89 bits per heavy atom. The SMILES string of the molecule is CCCCCCCC(=O)Cc1c(Br)c(CC)nn1C. The van der Waals surface area contributed by atoms with E-state index in [0.717, 1.165) is 28.7 Å². The fourth-order valence-corrected chi connectivity index (χ4v) is 2.97. The van der Waals surface area contributed by atoms with Crippen molar-refractivity contribution in [3.63, 3.8) is 0 Å².